The number of rotatable bonds is 6. The van der Waals surface area contributed by atoms with E-state index in [1.54, 1.807) is 0 Å². The van der Waals surface area contributed by atoms with E-state index in [1.807, 2.05) is 20.9 Å². The number of hydrogen-bond donors (Lipinski definition) is 1. The van der Waals surface area contributed by atoms with E-state index in [2.05, 4.69) is 17.1 Å². The van der Waals surface area contributed by atoms with Crippen molar-refractivity contribution in [3.63, 3.8) is 0 Å². The van der Waals surface area contributed by atoms with Crippen LogP contribution in [0.1, 0.15) is 40.0 Å². The quantitative estimate of drug-likeness (QED) is 0.707. The summed E-state index contributed by atoms with van der Waals surface area (Å²) in [6.07, 6.45) is 4.08. The zero-order chi connectivity index (χ0) is 12.2. The fraction of sp³-hybridized carbons (Fsp3) is 1.00. The topological polar surface area (TPSA) is 24.5 Å². The fourth-order valence-electron chi connectivity index (χ4n) is 1.89. The van der Waals surface area contributed by atoms with E-state index in [0.29, 0.717) is 6.10 Å². The van der Waals surface area contributed by atoms with Gasteiger partial charge in [-0.3, -0.25) is 0 Å². The summed E-state index contributed by atoms with van der Waals surface area (Å²) in [6.45, 7) is 11.8. The normalized spacial score (nSPS) is 18.0. The van der Waals surface area contributed by atoms with Gasteiger partial charge in [-0.2, -0.15) is 0 Å². The minimum atomic E-state index is 0.523. The molecule has 1 heterocycles. The van der Waals surface area contributed by atoms with Crippen molar-refractivity contribution in [1.82, 2.24) is 10.2 Å². The summed E-state index contributed by atoms with van der Waals surface area (Å²) in [7, 11) is 1.99. The molecular weight excluding hydrogens is 200 g/mol. The van der Waals surface area contributed by atoms with Gasteiger partial charge in [-0.15, -0.1) is 0 Å². The van der Waals surface area contributed by atoms with Crippen LogP contribution in [0.25, 0.3) is 0 Å². The predicted molar refractivity (Wildman–Crippen MR) is 71.0 cm³/mol. The third-order valence-electron chi connectivity index (χ3n) is 2.91. The van der Waals surface area contributed by atoms with Crippen LogP contribution < -0.4 is 5.32 Å². The number of likely N-dealkylation sites (tertiary alicyclic amines) is 1. The first-order valence-electron chi connectivity index (χ1n) is 6.85. The van der Waals surface area contributed by atoms with Crippen LogP contribution >= 0.6 is 0 Å². The predicted octanol–water partition coefficient (Wildman–Crippen LogP) is 2.12. The third kappa shape index (κ3) is 7.20. The minimum absolute atomic E-state index is 0.523. The van der Waals surface area contributed by atoms with E-state index < -0.39 is 0 Å². The molecule has 0 aromatic rings. The Morgan fingerprint density at radius 3 is 2.38 bits per heavy atom. The molecule has 1 N–H and O–H groups in total. The number of ether oxygens (including phenoxy) is 1. The van der Waals surface area contributed by atoms with Crippen LogP contribution in [0.3, 0.4) is 0 Å². The Labute approximate surface area is 102 Å². The largest absolute Gasteiger partial charge is 0.378 e. The average Bonchev–Trinajstić information content (AvgIpc) is 2.38. The Kier molecular flexibility index (Phi) is 11.3. The first kappa shape index (κ1) is 15.9. The minimum Gasteiger partial charge on any atom is -0.378 e. The first-order valence-corrected chi connectivity index (χ1v) is 6.85. The highest BCUT2D eigenvalue weighted by Crippen LogP contribution is 2.13. The van der Waals surface area contributed by atoms with Gasteiger partial charge in [0.05, 0.1) is 6.10 Å². The van der Waals surface area contributed by atoms with Gasteiger partial charge in [-0.05, 0) is 39.4 Å². The van der Waals surface area contributed by atoms with Crippen LogP contribution in [0.2, 0.25) is 0 Å². The molecule has 0 bridgehead atoms. The van der Waals surface area contributed by atoms with Crippen molar-refractivity contribution in [3.05, 3.63) is 0 Å². The summed E-state index contributed by atoms with van der Waals surface area (Å²) >= 11 is 0. The Bertz CT molecular complexity index is 134. The van der Waals surface area contributed by atoms with Gasteiger partial charge in [0.1, 0.15) is 0 Å². The molecule has 1 saturated heterocycles. The maximum atomic E-state index is 5.81. The highest BCUT2D eigenvalue weighted by Gasteiger charge is 2.17. The molecule has 0 unspecified atom stereocenters. The van der Waals surface area contributed by atoms with Crippen LogP contribution in [0.5, 0.6) is 0 Å². The van der Waals surface area contributed by atoms with Crippen molar-refractivity contribution in [2.24, 2.45) is 0 Å². The first-order chi connectivity index (χ1) is 7.86. The lowest BCUT2D eigenvalue weighted by atomic mass is 10.1. The molecule has 0 radical (unpaired) electrons. The van der Waals surface area contributed by atoms with E-state index in [9.17, 15) is 0 Å². The second kappa shape index (κ2) is 11.4. The van der Waals surface area contributed by atoms with E-state index in [-0.39, 0.29) is 0 Å². The van der Waals surface area contributed by atoms with Gasteiger partial charge >= 0.3 is 0 Å². The fourth-order valence-corrected chi connectivity index (χ4v) is 1.89. The van der Waals surface area contributed by atoms with Crippen LogP contribution in [0.15, 0.2) is 0 Å². The Balaban J connectivity index is 0.00000106. The van der Waals surface area contributed by atoms with Gasteiger partial charge in [-0.1, -0.05) is 20.8 Å². The average molecular weight is 230 g/mol. The van der Waals surface area contributed by atoms with Crippen LogP contribution in [0.4, 0.5) is 0 Å². The van der Waals surface area contributed by atoms with Crippen molar-refractivity contribution < 1.29 is 4.74 Å². The molecule has 0 aromatic carbocycles. The summed E-state index contributed by atoms with van der Waals surface area (Å²) in [5.41, 5.74) is 0. The van der Waals surface area contributed by atoms with Gasteiger partial charge in [0, 0.05) is 19.7 Å². The molecule has 16 heavy (non-hydrogen) atoms. The molecule has 1 fully saturated rings. The molecule has 0 amide bonds. The third-order valence-corrected chi connectivity index (χ3v) is 2.91. The number of hydrogen-bond acceptors (Lipinski definition) is 3. The zero-order valence-corrected chi connectivity index (χ0v) is 11.6. The monoisotopic (exact) mass is 230 g/mol. The number of nitrogens with zero attached hydrogens (tertiary/aromatic N) is 1. The molecule has 1 aliphatic heterocycles. The molecule has 0 aliphatic carbocycles. The molecule has 98 valence electrons. The van der Waals surface area contributed by atoms with Crippen LogP contribution in [-0.4, -0.2) is 50.8 Å². The molecule has 0 spiro atoms. The lowest BCUT2D eigenvalue weighted by molar-refractivity contribution is 0.00788. The van der Waals surface area contributed by atoms with Gasteiger partial charge in [0.25, 0.3) is 0 Å². The molecule has 3 nitrogen and oxygen atoms in total. The maximum Gasteiger partial charge on any atom is 0.0599 e. The number of nitrogens with one attached hydrogen (secondary N) is 1. The van der Waals surface area contributed by atoms with Crippen LogP contribution in [0, 0.1) is 0 Å². The highest BCUT2D eigenvalue weighted by molar-refractivity contribution is 4.71. The molecular formula is C13H30N2O. The summed E-state index contributed by atoms with van der Waals surface area (Å²) in [6, 6.07) is 0. The standard InChI is InChI=1S/C11H24N2O.C2H6/c1-3-13-8-5-11(6-9-13)14-10-4-7-12-2;1-2/h11-12H,3-10H2,1-2H3;1-2H3. The van der Waals surface area contributed by atoms with Crippen molar-refractivity contribution in [2.75, 3.05) is 39.8 Å². The second-order valence-corrected chi connectivity index (χ2v) is 3.96. The molecule has 1 rings (SSSR count). The SMILES string of the molecule is CC.CCN1CCC(OCCCNC)CC1. The lowest BCUT2D eigenvalue weighted by Crippen LogP contribution is -2.37. The van der Waals surface area contributed by atoms with E-state index in [4.69, 9.17) is 4.74 Å². The van der Waals surface area contributed by atoms with E-state index in [0.717, 1.165) is 19.6 Å². The maximum absolute atomic E-state index is 5.81. The molecule has 0 atom stereocenters. The smallest absolute Gasteiger partial charge is 0.0599 e. The summed E-state index contributed by atoms with van der Waals surface area (Å²) < 4.78 is 5.81. The van der Waals surface area contributed by atoms with Crippen molar-refractivity contribution in [3.8, 4) is 0 Å². The zero-order valence-electron chi connectivity index (χ0n) is 11.6. The van der Waals surface area contributed by atoms with Crippen molar-refractivity contribution in [1.29, 1.82) is 0 Å². The Hall–Kier alpha value is -0.120. The highest BCUT2D eigenvalue weighted by atomic mass is 16.5. The lowest BCUT2D eigenvalue weighted by Gasteiger charge is -2.30. The molecule has 0 saturated carbocycles. The van der Waals surface area contributed by atoms with Gasteiger partial charge in [0.15, 0.2) is 0 Å². The van der Waals surface area contributed by atoms with Gasteiger partial charge in [0.2, 0.25) is 0 Å². The molecule has 0 aromatic heterocycles. The Morgan fingerprint density at radius 2 is 1.88 bits per heavy atom. The molecule has 3 heteroatoms. The van der Waals surface area contributed by atoms with E-state index >= 15 is 0 Å². The van der Waals surface area contributed by atoms with Crippen molar-refractivity contribution in [2.45, 2.75) is 46.1 Å². The van der Waals surface area contributed by atoms with Gasteiger partial charge in [-0.25, -0.2) is 0 Å². The molecule has 1 aliphatic rings. The summed E-state index contributed by atoms with van der Waals surface area (Å²) in [5.74, 6) is 0. The second-order valence-electron chi connectivity index (χ2n) is 3.96. The van der Waals surface area contributed by atoms with Gasteiger partial charge < -0.3 is 15.0 Å². The van der Waals surface area contributed by atoms with E-state index in [1.165, 1.54) is 32.5 Å². The van der Waals surface area contributed by atoms with Crippen molar-refractivity contribution >= 4 is 0 Å². The number of piperidine rings is 1. The summed E-state index contributed by atoms with van der Waals surface area (Å²) in [5, 5.41) is 3.13. The Morgan fingerprint density at radius 1 is 1.25 bits per heavy atom. The van der Waals surface area contributed by atoms with Crippen LogP contribution in [-0.2, 0) is 4.74 Å². The summed E-state index contributed by atoms with van der Waals surface area (Å²) in [4.78, 5) is 2.49.